The third-order valence-corrected chi connectivity index (χ3v) is 6.73. The first-order valence-corrected chi connectivity index (χ1v) is 9.88. The molecule has 1 aromatic rings. The maximum Gasteiger partial charge on any atom is 0.246 e. The molecule has 0 aliphatic carbocycles. The average molecular weight is 343 g/mol. The molecular weight excluding hydrogens is 312 g/mol. The molecule has 2 N–H and O–H groups in total. The van der Waals surface area contributed by atoms with Crippen LogP contribution in [0, 0.1) is 25.7 Å². The van der Waals surface area contributed by atoms with Crippen molar-refractivity contribution in [3.8, 4) is 0 Å². The van der Waals surface area contributed by atoms with Gasteiger partial charge in [0, 0.05) is 25.7 Å². The van der Waals surface area contributed by atoms with Gasteiger partial charge >= 0.3 is 0 Å². The highest BCUT2D eigenvalue weighted by atomic mass is 32.2. The fourth-order valence-corrected chi connectivity index (χ4v) is 5.24. The molecule has 2 unspecified atom stereocenters. The van der Waals surface area contributed by atoms with E-state index in [9.17, 15) is 8.42 Å². The summed E-state index contributed by atoms with van der Waals surface area (Å²) in [5, 5.41) is 4.45. The smallest absolute Gasteiger partial charge is 0.246 e. The van der Waals surface area contributed by atoms with E-state index < -0.39 is 10.0 Å². The first kappa shape index (κ1) is 18.4. The van der Waals surface area contributed by atoms with E-state index in [1.807, 2.05) is 18.5 Å². The van der Waals surface area contributed by atoms with E-state index in [-0.39, 0.29) is 12.0 Å². The number of hydrogen-bond acceptors (Lipinski definition) is 4. The van der Waals surface area contributed by atoms with Crippen molar-refractivity contribution in [3.63, 3.8) is 0 Å². The van der Waals surface area contributed by atoms with Crippen LogP contribution in [-0.2, 0) is 16.6 Å². The molecule has 1 aromatic heterocycles. The van der Waals surface area contributed by atoms with Gasteiger partial charge < -0.3 is 5.73 Å². The van der Waals surface area contributed by atoms with Gasteiger partial charge in [0.2, 0.25) is 10.0 Å². The van der Waals surface area contributed by atoms with Gasteiger partial charge in [-0.15, -0.1) is 0 Å². The summed E-state index contributed by atoms with van der Waals surface area (Å²) in [5.74, 6) is 0.644. The van der Waals surface area contributed by atoms with E-state index >= 15 is 0 Å². The first-order chi connectivity index (χ1) is 10.6. The standard InChI is InChI=1S/C16H30N4O2S/c1-11(2)9-20-14(5)16(13(4)18-20)23(21,22)19-8-6-7-15(10-19)12(3)17/h11-12,15H,6-10,17H2,1-5H3. The Kier molecular flexibility index (Phi) is 5.53. The van der Waals surface area contributed by atoms with Crippen LogP contribution in [-0.4, -0.2) is 41.6 Å². The van der Waals surface area contributed by atoms with Gasteiger partial charge in [-0.3, -0.25) is 4.68 Å². The molecule has 1 aliphatic heterocycles. The number of sulfonamides is 1. The minimum atomic E-state index is -3.51. The maximum absolute atomic E-state index is 13.1. The molecular formula is C16H30N4O2S. The summed E-state index contributed by atoms with van der Waals surface area (Å²) >= 11 is 0. The highest BCUT2D eigenvalue weighted by Crippen LogP contribution is 2.28. The lowest BCUT2D eigenvalue weighted by molar-refractivity contribution is 0.243. The van der Waals surface area contributed by atoms with Crippen LogP contribution in [0.1, 0.15) is 45.0 Å². The van der Waals surface area contributed by atoms with E-state index in [2.05, 4.69) is 18.9 Å². The second kappa shape index (κ2) is 6.91. The molecule has 6 nitrogen and oxygen atoms in total. The summed E-state index contributed by atoms with van der Waals surface area (Å²) < 4.78 is 29.7. The number of piperidine rings is 1. The lowest BCUT2D eigenvalue weighted by atomic mass is 9.93. The van der Waals surface area contributed by atoms with E-state index in [1.165, 1.54) is 0 Å². The highest BCUT2D eigenvalue weighted by molar-refractivity contribution is 7.89. The SMILES string of the molecule is Cc1nn(CC(C)C)c(C)c1S(=O)(=O)N1CCCC(C(C)N)C1. The summed E-state index contributed by atoms with van der Waals surface area (Å²) in [4.78, 5) is 0.378. The number of rotatable bonds is 5. The lowest BCUT2D eigenvalue weighted by Gasteiger charge is -2.33. The second-order valence-corrected chi connectivity index (χ2v) is 9.08. The van der Waals surface area contributed by atoms with Crippen molar-refractivity contribution < 1.29 is 8.42 Å². The molecule has 2 heterocycles. The molecule has 1 saturated heterocycles. The van der Waals surface area contributed by atoms with Crippen molar-refractivity contribution in [3.05, 3.63) is 11.4 Å². The van der Waals surface area contributed by atoms with Crippen molar-refractivity contribution in [2.75, 3.05) is 13.1 Å². The Morgan fingerprint density at radius 2 is 1.96 bits per heavy atom. The quantitative estimate of drug-likeness (QED) is 0.886. The van der Waals surface area contributed by atoms with Gasteiger partial charge in [-0.05, 0) is 45.4 Å². The number of aromatic nitrogens is 2. The fraction of sp³-hybridized carbons (Fsp3) is 0.812. The Labute approximate surface area is 140 Å². The molecule has 0 bridgehead atoms. The summed E-state index contributed by atoms with van der Waals surface area (Å²) in [7, 11) is -3.51. The first-order valence-electron chi connectivity index (χ1n) is 8.44. The minimum Gasteiger partial charge on any atom is -0.328 e. The van der Waals surface area contributed by atoms with Crippen LogP contribution in [0.15, 0.2) is 4.90 Å². The Bertz CT molecular complexity index is 649. The maximum atomic E-state index is 13.1. The van der Waals surface area contributed by atoms with Crippen molar-refractivity contribution in [1.82, 2.24) is 14.1 Å². The molecule has 0 saturated carbocycles. The van der Waals surface area contributed by atoms with Crippen LogP contribution in [0.3, 0.4) is 0 Å². The van der Waals surface area contributed by atoms with Crippen LogP contribution >= 0.6 is 0 Å². The zero-order valence-corrected chi connectivity index (χ0v) is 15.7. The number of nitrogens with two attached hydrogens (primary N) is 1. The van der Waals surface area contributed by atoms with E-state index in [0.29, 0.717) is 29.6 Å². The van der Waals surface area contributed by atoms with Gasteiger partial charge in [-0.25, -0.2) is 8.42 Å². The Balaban J connectivity index is 2.34. The fourth-order valence-electron chi connectivity index (χ4n) is 3.33. The molecule has 23 heavy (non-hydrogen) atoms. The Morgan fingerprint density at radius 1 is 1.30 bits per heavy atom. The van der Waals surface area contributed by atoms with Crippen molar-refractivity contribution in [1.29, 1.82) is 0 Å². The topological polar surface area (TPSA) is 81.2 Å². The number of hydrogen-bond donors (Lipinski definition) is 1. The monoisotopic (exact) mass is 342 g/mol. The van der Waals surface area contributed by atoms with Gasteiger partial charge in [-0.1, -0.05) is 13.8 Å². The van der Waals surface area contributed by atoms with E-state index in [0.717, 1.165) is 25.1 Å². The zero-order valence-electron chi connectivity index (χ0n) is 14.9. The van der Waals surface area contributed by atoms with Crippen LogP contribution in [0.2, 0.25) is 0 Å². The van der Waals surface area contributed by atoms with Gasteiger partial charge in [0.05, 0.1) is 11.4 Å². The van der Waals surface area contributed by atoms with Gasteiger partial charge in [-0.2, -0.15) is 9.40 Å². The largest absolute Gasteiger partial charge is 0.328 e. The molecule has 0 radical (unpaired) electrons. The Hall–Kier alpha value is -0.920. The lowest BCUT2D eigenvalue weighted by Crippen LogP contribution is -2.45. The van der Waals surface area contributed by atoms with Crippen molar-refractivity contribution in [2.45, 2.75) is 64.9 Å². The molecule has 1 aliphatic rings. The van der Waals surface area contributed by atoms with Gasteiger partial charge in [0.1, 0.15) is 4.90 Å². The minimum absolute atomic E-state index is 0.0128. The summed E-state index contributed by atoms with van der Waals surface area (Å²) in [6.45, 7) is 11.6. The number of aryl methyl sites for hydroxylation is 1. The molecule has 7 heteroatoms. The van der Waals surface area contributed by atoms with Crippen LogP contribution in [0.5, 0.6) is 0 Å². The predicted octanol–water partition coefficient (Wildman–Crippen LogP) is 1.90. The van der Waals surface area contributed by atoms with Crippen molar-refractivity contribution in [2.24, 2.45) is 17.6 Å². The van der Waals surface area contributed by atoms with Crippen LogP contribution < -0.4 is 5.73 Å². The predicted molar refractivity (Wildman–Crippen MR) is 91.7 cm³/mol. The second-order valence-electron chi connectivity index (χ2n) is 7.20. The zero-order chi connectivity index (χ0) is 17.4. The normalized spacial score (nSPS) is 21.8. The third-order valence-electron chi connectivity index (χ3n) is 4.62. The molecule has 0 spiro atoms. The molecule has 132 valence electrons. The molecule has 1 fully saturated rings. The van der Waals surface area contributed by atoms with Gasteiger partial charge in [0.15, 0.2) is 0 Å². The highest BCUT2D eigenvalue weighted by Gasteiger charge is 2.35. The van der Waals surface area contributed by atoms with Crippen LogP contribution in [0.25, 0.3) is 0 Å². The average Bonchev–Trinajstić information content (AvgIpc) is 2.73. The molecule has 0 amide bonds. The summed E-state index contributed by atoms with van der Waals surface area (Å²) in [5.41, 5.74) is 7.32. The van der Waals surface area contributed by atoms with Crippen LogP contribution in [0.4, 0.5) is 0 Å². The van der Waals surface area contributed by atoms with Gasteiger partial charge in [0.25, 0.3) is 0 Å². The molecule has 2 atom stereocenters. The van der Waals surface area contributed by atoms with Crippen molar-refractivity contribution >= 4 is 10.0 Å². The van der Waals surface area contributed by atoms with E-state index in [1.54, 1.807) is 11.2 Å². The molecule has 2 rings (SSSR count). The Morgan fingerprint density at radius 3 is 2.52 bits per heavy atom. The summed E-state index contributed by atoms with van der Waals surface area (Å²) in [6.07, 6.45) is 1.86. The molecule has 0 aromatic carbocycles. The number of nitrogens with zero attached hydrogens (tertiary/aromatic N) is 3. The summed E-state index contributed by atoms with van der Waals surface area (Å²) in [6, 6.07) is 0.0128. The van der Waals surface area contributed by atoms with E-state index in [4.69, 9.17) is 5.73 Å². The third kappa shape index (κ3) is 3.78.